The number of hydrogen-bond acceptors (Lipinski definition) is 14. The van der Waals surface area contributed by atoms with Crippen molar-refractivity contribution in [2.24, 2.45) is 0 Å². The molecule has 3 aromatic carbocycles. The van der Waals surface area contributed by atoms with Gasteiger partial charge in [0.2, 0.25) is 11.8 Å². The van der Waals surface area contributed by atoms with Gasteiger partial charge in [0.05, 0.1) is 65.1 Å². The van der Waals surface area contributed by atoms with Gasteiger partial charge in [0.15, 0.2) is 0 Å². The number of nitro benzene ring substituents is 2. The van der Waals surface area contributed by atoms with Crippen LogP contribution in [-0.4, -0.2) is 136 Å². The van der Waals surface area contributed by atoms with Crippen LogP contribution in [0.5, 0.6) is 0 Å². The highest BCUT2D eigenvalue weighted by atomic mass is 35.5. The molecular formula is C47H63Cl2N9O12. The Morgan fingerprint density at radius 2 is 1.34 bits per heavy atom. The summed E-state index contributed by atoms with van der Waals surface area (Å²) in [5, 5.41) is 40.7. The van der Waals surface area contributed by atoms with Crippen molar-refractivity contribution in [2.75, 3.05) is 84.3 Å². The smallest absolute Gasteiger partial charge is 0.315 e. The Hall–Kier alpha value is -5.68. The molecule has 23 heteroatoms. The van der Waals surface area contributed by atoms with E-state index in [-0.39, 0.29) is 71.8 Å². The predicted molar refractivity (Wildman–Crippen MR) is 262 cm³/mol. The Labute approximate surface area is 416 Å². The quantitative estimate of drug-likeness (QED) is 0.0285. The third-order valence-corrected chi connectivity index (χ3v) is 12.2. The number of amides is 5. The maximum absolute atomic E-state index is 13.0. The summed E-state index contributed by atoms with van der Waals surface area (Å²) in [4.78, 5) is 73.4. The molecular weight excluding hydrogens is 953 g/mol. The number of anilines is 1. The molecule has 1 aliphatic carbocycles. The van der Waals surface area contributed by atoms with E-state index in [9.17, 15) is 39.4 Å². The molecule has 5 rings (SSSR count). The molecule has 2 aliphatic rings. The number of non-ortho nitro benzene ring substituents is 1. The monoisotopic (exact) mass is 1020 g/mol. The van der Waals surface area contributed by atoms with E-state index in [2.05, 4.69) is 36.8 Å². The van der Waals surface area contributed by atoms with Gasteiger partial charge in [-0.2, -0.15) is 0 Å². The van der Waals surface area contributed by atoms with E-state index in [0.717, 1.165) is 23.7 Å². The van der Waals surface area contributed by atoms with Gasteiger partial charge in [-0.05, 0) is 80.0 Å². The van der Waals surface area contributed by atoms with E-state index in [1.807, 2.05) is 24.3 Å². The lowest BCUT2D eigenvalue weighted by Gasteiger charge is -2.33. The number of halogens is 2. The third kappa shape index (κ3) is 20.3. The molecule has 21 nitrogen and oxygen atoms in total. The van der Waals surface area contributed by atoms with Gasteiger partial charge in [-0.25, -0.2) is 4.79 Å². The molecule has 382 valence electrons. The summed E-state index contributed by atoms with van der Waals surface area (Å²) in [7, 11) is 0. The first-order valence-electron chi connectivity index (χ1n) is 23.5. The van der Waals surface area contributed by atoms with Crippen molar-refractivity contribution in [3.8, 4) is 0 Å². The summed E-state index contributed by atoms with van der Waals surface area (Å²) in [6, 6.07) is 15.8. The normalized spacial score (nSPS) is 17.0. The standard InChI is InChI=1S/C47H63Cl2N9O12/c48-40-13-5-34(27-41(40)49)31-56-19-22-70-39(32-56)30-53-47(62)52-29-33-3-6-35(7-4-33)46(61)55-37-10-8-36(9-11-37)54-45(60)16-15-44(59)51-18-2-21-68-24-26-69-25-23-67-20-1-17-50-42-14-12-38(57(63)64)28-43(42)58(65)66/h3-7,12-14,27-28,36-37,39,50H,1-2,8-11,15-26,29-32H2,(H,51,59)(H,54,60)(H,55,61)(H2,52,53,62). The molecule has 1 unspecified atom stereocenters. The van der Waals surface area contributed by atoms with Crippen molar-refractivity contribution in [1.82, 2.24) is 31.5 Å². The second-order valence-corrected chi connectivity index (χ2v) is 17.7. The summed E-state index contributed by atoms with van der Waals surface area (Å²) in [6.07, 6.45) is 4.01. The first-order chi connectivity index (χ1) is 33.8. The number of rotatable bonds is 29. The van der Waals surface area contributed by atoms with E-state index < -0.39 is 9.85 Å². The van der Waals surface area contributed by atoms with Crippen LogP contribution in [0.3, 0.4) is 0 Å². The number of hydrogen-bond donors (Lipinski definition) is 6. The first-order valence-corrected chi connectivity index (χ1v) is 24.2. The number of nitrogens with zero attached hydrogens (tertiary/aromatic N) is 3. The van der Waals surface area contributed by atoms with Crippen LogP contribution in [0.15, 0.2) is 60.7 Å². The molecule has 1 saturated heterocycles. The topological polar surface area (TPSA) is 267 Å². The highest BCUT2D eigenvalue weighted by Gasteiger charge is 2.25. The molecule has 1 aliphatic heterocycles. The lowest BCUT2D eigenvalue weighted by atomic mass is 9.90. The van der Waals surface area contributed by atoms with Crippen molar-refractivity contribution in [3.05, 3.63) is 108 Å². The van der Waals surface area contributed by atoms with Gasteiger partial charge in [0.1, 0.15) is 5.69 Å². The summed E-state index contributed by atoms with van der Waals surface area (Å²) in [5.74, 6) is -0.579. The van der Waals surface area contributed by atoms with Crippen molar-refractivity contribution < 1.29 is 48.0 Å². The molecule has 5 amide bonds. The van der Waals surface area contributed by atoms with Crippen LogP contribution in [0.1, 0.15) is 72.9 Å². The fourth-order valence-electron chi connectivity index (χ4n) is 7.71. The molecule has 1 atom stereocenters. The second kappa shape index (κ2) is 30.1. The number of morpholine rings is 1. The lowest BCUT2D eigenvalue weighted by Crippen LogP contribution is -2.48. The van der Waals surface area contributed by atoms with Crippen LogP contribution >= 0.6 is 23.2 Å². The molecule has 0 radical (unpaired) electrons. The predicted octanol–water partition coefficient (Wildman–Crippen LogP) is 5.51. The molecule has 1 heterocycles. The first kappa shape index (κ1) is 55.2. The zero-order chi connectivity index (χ0) is 50.1. The molecule has 0 spiro atoms. The largest absolute Gasteiger partial charge is 0.379 e. The second-order valence-electron chi connectivity index (χ2n) is 16.9. The fourth-order valence-corrected chi connectivity index (χ4v) is 8.03. The Kier molecular flexibility index (Phi) is 23.8. The fraction of sp³-hybridized carbons (Fsp3) is 0.532. The average Bonchev–Trinajstić information content (AvgIpc) is 3.35. The molecule has 0 bridgehead atoms. The van der Waals surface area contributed by atoms with Crippen molar-refractivity contribution in [3.63, 3.8) is 0 Å². The van der Waals surface area contributed by atoms with E-state index in [1.165, 1.54) is 12.1 Å². The van der Waals surface area contributed by atoms with Gasteiger partial charge in [-0.3, -0.25) is 39.5 Å². The number of nitrogens with one attached hydrogen (secondary N) is 6. The Bertz CT molecular complexity index is 2180. The van der Waals surface area contributed by atoms with Gasteiger partial charge < -0.3 is 50.8 Å². The number of carbonyl (C=O) groups excluding carboxylic acids is 4. The van der Waals surface area contributed by atoms with Crippen molar-refractivity contribution >= 4 is 64.0 Å². The van der Waals surface area contributed by atoms with Gasteiger partial charge in [0, 0.05) is 95.6 Å². The van der Waals surface area contributed by atoms with Crippen LogP contribution < -0.4 is 31.9 Å². The molecule has 2 fully saturated rings. The third-order valence-electron chi connectivity index (χ3n) is 11.5. The Balaban J connectivity index is 0.807. The van der Waals surface area contributed by atoms with Crippen molar-refractivity contribution in [2.45, 2.75) is 82.6 Å². The number of urea groups is 1. The van der Waals surface area contributed by atoms with Gasteiger partial charge in [-0.1, -0.05) is 41.4 Å². The lowest BCUT2D eigenvalue weighted by molar-refractivity contribution is -0.393. The van der Waals surface area contributed by atoms with E-state index in [0.29, 0.717) is 140 Å². The van der Waals surface area contributed by atoms with Gasteiger partial charge in [0.25, 0.3) is 17.3 Å². The number of ether oxygens (including phenoxy) is 4. The van der Waals surface area contributed by atoms with E-state index >= 15 is 0 Å². The summed E-state index contributed by atoms with van der Waals surface area (Å²) in [6.45, 7) is 6.43. The van der Waals surface area contributed by atoms with Crippen molar-refractivity contribution in [1.29, 1.82) is 0 Å². The van der Waals surface area contributed by atoms with Crippen LogP contribution in [0.25, 0.3) is 0 Å². The zero-order valence-electron chi connectivity index (χ0n) is 39.1. The SMILES string of the molecule is O=C(CCC(=O)NC1CCC(NC(=O)c2ccc(CNC(=O)NCC3CN(Cc4ccc(Cl)c(Cl)c4)CCO3)cc2)CC1)NCCCOCCOCCOCCCNc1ccc([N+](=O)[O-])cc1[N+](=O)[O-]. The maximum atomic E-state index is 13.0. The van der Waals surface area contributed by atoms with Gasteiger partial charge >= 0.3 is 6.03 Å². The number of benzene rings is 3. The minimum absolute atomic E-state index is 0.0209. The van der Waals surface area contributed by atoms with Crippen LogP contribution in [0.2, 0.25) is 10.0 Å². The van der Waals surface area contributed by atoms with E-state index in [1.54, 1.807) is 18.2 Å². The van der Waals surface area contributed by atoms with Crippen LogP contribution in [0.4, 0.5) is 21.9 Å². The molecule has 3 aromatic rings. The summed E-state index contributed by atoms with van der Waals surface area (Å²) in [5.41, 5.74) is 1.90. The summed E-state index contributed by atoms with van der Waals surface area (Å²) >= 11 is 12.2. The minimum atomic E-state index is -0.684. The molecule has 70 heavy (non-hydrogen) atoms. The van der Waals surface area contributed by atoms with Crippen LogP contribution in [-0.2, 0) is 41.6 Å². The van der Waals surface area contributed by atoms with E-state index in [4.69, 9.17) is 42.1 Å². The minimum Gasteiger partial charge on any atom is -0.379 e. The Morgan fingerprint density at radius 1 is 0.700 bits per heavy atom. The maximum Gasteiger partial charge on any atom is 0.315 e. The highest BCUT2D eigenvalue weighted by molar-refractivity contribution is 6.42. The highest BCUT2D eigenvalue weighted by Crippen LogP contribution is 2.29. The number of carbonyl (C=O) groups is 4. The summed E-state index contributed by atoms with van der Waals surface area (Å²) < 4.78 is 22.4. The molecule has 1 saturated carbocycles. The number of nitro groups is 2. The molecule has 0 aromatic heterocycles. The van der Waals surface area contributed by atoms with Crippen LogP contribution in [0, 0.1) is 20.2 Å². The Morgan fingerprint density at radius 3 is 2.01 bits per heavy atom. The average molecular weight is 1020 g/mol. The zero-order valence-corrected chi connectivity index (χ0v) is 40.6. The van der Waals surface area contributed by atoms with Gasteiger partial charge in [-0.15, -0.1) is 0 Å². The molecule has 6 N–H and O–H groups in total.